The number of aliphatic hydroxyl groups excluding tert-OH is 5. The molecule has 446 valence electrons. The second kappa shape index (κ2) is 55.0. The Balaban J connectivity index is 2.02. The van der Waals surface area contributed by atoms with Crippen LogP contribution in [0.4, 0.5) is 0 Å². The molecule has 1 aliphatic heterocycles. The number of carbonyl (C=O) groups is 2. The number of unbranched alkanes of at least 4 members (excludes halogenated alkanes) is 30. The summed E-state index contributed by atoms with van der Waals surface area (Å²) in [5, 5.41) is 54.2. The monoisotopic (exact) mass is 1080 g/mol. The third-order valence-electron chi connectivity index (χ3n) is 14.5. The Morgan fingerprint density at radius 3 is 1.43 bits per heavy atom. The first-order chi connectivity index (χ1) is 37.7. The molecule has 11 heteroatoms. The highest BCUT2D eigenvalue weighted by Gasteiger charge is 2.44. The minimum Gasteiger partial charge on any atom is -0.465 e. The number of carbonyl (C=O) groups excluding carboxylic acids is 2. The van der Waals surface area contributed by atoms with Crippen molar-refractivity contribution in [3.63, 3.8) is 0 Å². The van der Waals surface area contributed by atoms with E-state index in [-0.39, 0.29) is 18.5 Å². The average molecular weight is 1080 g/mol. The molecule has 0 radical (unpaired) electrons. The first-order valence-electron chi connectivity index (χ1n) is 31.7. The fraction of sp³-hybridized carbons (Fsp3) is 0.788. The summed E-state index contributed by atoms with van der Waals surface area (Å²) < 4.78 is 16.6. The maximum atomic E-state index is 13.0. The van der Waals surface area contributed by atoms with E-state index in [1.165, 1.54) is 154 Å². The first kappa shape index (κ1) is 72.1. The standard InChI is InChI=1S/C66H117NO10/c1-3-5-7-9-11-13-15-16-17-18-25-28-31-34-38-42-46-50-54-62(71)75-55-51-47-43-39-35-32-29-26-23-21-19-20-22-24-27-30-33-37-41-45-49-53-61(70)67-58(57-76-66-65(74)64(73)63(72)60(56-68)77-66)59(69)52-48-44-40-36-14-12-10-8-6-4-2/h6,8,14,17-18,32,35-36,43,47-48,52,58-60,63-66,68-69,72-74H,3-5,7,9-13,15-16,19-31,33-34,37-42,44-46,49-51,53-57H2,1-2H3,(H,67,70)/b8-6+,18-17-,35-32-,36-14+,47-43-,52-48+. The van der Waals surface area contributed by atoms with Gasteiger partial charge in [0.25, 0.3) is 0 Å². The Morgan fingerprint density at radius 2 is 0.922 bits per heavy atom. The van der Waals surface area contributed by atoms with Crippen LogP contribution >= 0.6 is 0 Å². The van der Waals surface area contributed by atoms with Crippen LogP contribution in [-0.4, -0.2) is 100 Å². The fourth-order valence-corrected chi connectivity index (χ4v) is 9.54. The molecule has 11 nitrogen and oxygen atoms in total. The van der Waals surface area contributed by atoms with E-state index in [2.05, 4.69) is 79.9 Å². The maximum Gasteiger partial charge on any atom is 0.305 e. The topological polar surface area (TPSA) is 175 Å². The molecule has 0 bridgehead atoms. The summed E-state index contributed by atoms with van der Waals surface area (Å²) in [6.45, 7) is 4.08. The SMILES string of the molecule is CC/C=C/CC/C=C/CC/C=C/C(O)C(COC1OC(CO)C(O)C(O)C1O)NC(=O)CCCCCCCCCCCCCCCC/C=C\C/C=C\CCOC(=O)CCCCCCCCC/C=C\CCCCCCCCC. The lowest BCUT2D eigenvalue weighted by Gasteiger charge is -2.40. The van der Waals surface area contributed by atoms with Gasteiger partial charge in [0.1, 0.15) is 24.4 Å². The lowest BCUT2D eigenvalue weighted by Crippen LogP contribution is -2.60. The number of amides is 1. The molecule has 7 atom stereocenters. The van der Waals surface area contributed by atoms with E-state index in [9.17, 15) is 35.1 Å². The third-order valence-corrected chi connectivity index (χ3v) is 14.5. The predicted octanol–water partition coefficient (Wildman–Crippen LogP) is 15.2. The number of hydrogen-bond donors (Lipinski definition) is 6. The van der Waals surface area contributed by atoms with Gasteiger partial charge in [0, 0.05) is 12.8 Å². The van der Waals surface area contributed by atoms with Crippen molar-refractivity contribution in [1.29, 1.82) is 0 Å². The Labute approximate surface area is 471 Å². The van der Waals surface area contributed by atoms with Crippen LogP contribution in [0.25, 0.3) is 0 Å². The van der Waals surface area contributed by atoms with Crippen molar-refractivity contribution >= 4 is 11.9 Å². The molecule has 1 rings (SSSR count). The molecule has 0 aromatic rings. The highest BCUT2D eigenvalue weighted by molar-refractivity contribution is 5.76. The van der Waals surface area contributed by atoms with Crippen molar-refractivity contribution in [1.82, 2.24) is 5.32 Å². The van der Waals surface area contributed by atoms with Gasteiger partial charge in [-0.2, -0.15) is 0 Å². The summed E-state index contributed by atoms with van der Waals surface area (Å²) in [6, 6.07) is -0.839. The van der Waals surface area contributed by atoms with E-state index < -0.39 is 49.5 Å². The normalized spacial score (nSPS) is 19.1. The van der Waals surface area contributed by atoms with Gasteiger partial charge in [-0.25, -0.2) is 0 Å². The number of aliphatic hydroxyl groups is 5. The largest absolute Gasteiger partial charge is 0.465 e. The van der Waals surface area contributed by atoms with Crippen molar-refractivity contribution in [2.24, 2.45) is 0 Å². The van der Waals surface area contributed by atoms with Crippen LogP contribution < -0.4 is 5.32 Å². The zero-order valence-corrected chi connectivity index (χ0v) is 49.2. The molecular weight excluding hydrogens is 967 g/mol. The van der Waals surface area contributed by atoms with Gasteiger partial charge in [0.2, 0.25) is 5.91 Å². The van der Waals surface area contributed by atoms with Gasteiger partial charge in [-0.1, -0.05) is 234 Å². The second-order valence-electron chi connectivity index (χ2n) is 21.7. The number of hydrogen-bond acceptors (Lipinski definition) is 10. The summed E-state index contributed by atoms with van der Waals surface area (Å²) in [7, 11) is 0. The molecule has 6 N–H and O–H groups in total. The number of esters is 1. The molecule has 1 fully saturated rings. The van der Waals surface area contributed by atoms with E-state index in [4.69, 9.17) is 14.2 Å². The number of allylic oxidation sites excluding steroid dienone is 10. The van der Waals surface area contributed by atoms with Gasteiger partial charge in [-0.05, 0) is 96.3 Å². The molecule has 1 amide bonds. The third kappa shape index (κ3) is 44.5. The van der Waals surface area contributed by atoms with Crippen molar-refractivity contribution < 1.29 is 49.3 Å². The van der Waals surface area contributed by atoms with Crippen molar-refractivity contribution in [2.75, 3.05) is 19.8 Å². The number of ether oxygens (including phenoxy) is 3. The lowest BCUT2D eigenvalue weighted by atomic mass is 9.99. The molecule has 0 saturated carbocycles. The van der Waals surface area contributed by atoms with E-state index in [0.29, 0.717) is 19.4 Å². The highest BCUT2D eigenvalue weighted by atomic mass is 16.7. The lowest BCUT2D eigenvalue weighted by molar-refractivity contribution is -0.302. The smallest absolute Gasteiger partial charge is 0.305 e. The van der Waals surface area contributed by atoms with Gasteiger partial charge in [0.15, 0.2) is 6.29 Å². The molecule has 0 spiro atoms. The zero-order chi connectivity index (χ0) is 55.9. The Hall–Kier alpha value is -2.90. The van der Waals surface area contributed by atoms with Crippen molar-refractivity contribution in [3.05, 3.63) is 72.9 Å². The van der Waals surface area contributed by atoms with E-state index >= 15 is 0 Å². The summed E-state index contributed by atoms with van der Waals surface area (Å²) in [6.07, 6.45) is 63.3. The van der Waals surface area contributed by atoms with Gasteiger partial charge in [0.05, 0.1) is 32.0 Å². The van der Waals surface area contributed by atoms with Crippen LogP contribution in [0.2, 0.25) is 0 Å². The zero-order valence-electron chi connectivity index (χ0n) is 49.2. The molecule has 0 aromatic carbocycles. The molecule has 1 saturated heterocycles. The highest BCUT2D eigenvalue weighted by Crippen LogP contribution is 2.23. The molecule has 0 aromatic heterocycles. The minimum atomic E-state index is -1.58. The summed E-state index contributed by atoms with van der Waals surface area (Å²) in [5.74, 6) is -0.258. The fourth-order valence-electron chi connectivity index (χ4n) is 9.54. The van der Waals surface area contributed by atoms with Crippen LogP contribution in [0.5, 0.6) is 0 Å². The molecule has 0 aliphatic carbocycles. The quantitative estimate of drug-likeness (QED) is 0.0195. The Bertz CT molecular complexity index is 1510. The van der Waals surface area contributed by atoms with Crippen molar-refractivity contribution in [3.8, 4) is 0 Å². The summed E-state index contributed by atoms with van der Waals surface area (Å²) in [4.78, 5) is 25.1. The molecule has 77 heavy (non-hydrogen) atoms. The predicted molar refractivity (Wildman–Crippen MR) is 319 cm³/mol. The van der Waals surface area contributed by atoms with Crippen LogP contribution in [0.15, 0.2) is 72.9 Å². The number of rotatable bonds is 54. The van der Waals surface area contributed by atoms with E-state index in [0.717, 1.165) is 89.9 Å². The van der Waals surface area contributed by atoms with Crippen LogP contribution in [0.1, 0.15) is 271 Å². The Morgan fingerprint density at radius 1 is 0.494 bits per heavy atom. The van der Waals surface area contributed by atoms with Gasteiger partial charge < -0.3 is 45.1 Å². The van der Waals surface area contributed by atoms with Gasteiger partial charge >= 0.3 is 5.97 Å². The number of nitrogens with one attached hydrogen (secondary N) is 1. The van der Waals surface area contributed by atoms with Gasteiger partial charge in [-0.15, -0.1) is 0 Å². The summed E-state index contributed by atoms with van der Waals surface area (Å²) >= 11 is 0. The Kier molecular flexibility index (Phi) is 51.5. The molecule has 1 aliphatic rings. The van der Waals surface area contributed by atoms with Gasteiger partial charge in [-0.3, -0.25) is 9.59 Å². The van der Waals surface area contributed by atoms with Crippen LogP contribution in [0.3, 0.4) is 0 Å². The molecule has 1 heterocycles. The minimum absolute atomic E-state index is 0.0530. The maximum absolute atomic E-state index is 13.0. The first-order valence-corrected chi connectivity index (χ1v) is 31.7. The molecule has 7 unspecified atom stereocenters. The van der Waals surface area contributed by atoms with E-state index in [1.54, 1.807) is 6.08 Å². The van der Waals surface area contributed by atoms with Crippen LogP contribution in [0, 0.1) is 0 Å². The van der Waals surface area contributed by atoms with E-state index in [1.807, 2.05) is 6.08 Å². The van der Waals surface area contributed by atoms with Crippen LogP contribution in [-0.2, 0) is 23.8 Å². The summed E-state index contributed by atoms with van der Waals surface area (Å²) in [5.41, 5.74) is 0. The molecular formula is C66H117NO10. The average Bonchev–Trinajstić information content (AvgIpc) is 3.43. The second-order valence-corrected chi connectivity index (χ2v) is 21.7. The van der Waals surface area contributed by atoms with Crippen molar-refractivity contribution in [2.45, 2.75) is 314 Å².